The van der Waals surface area contributed by atoms with E-state index in [2.05, 4.69) is 48.2 Å². The van der Waals surface area contributed by atoms with Gasteiger partial charge in [-0.3, -0.25) is 9.69 Å². The molecule has 1 saturated heterocycles. The molecule has 0 saturated carbocycles. The fourth-order valence-corrected chi connectivity index (χ4v) is 4.09. The van der Waals surface area contributed by atoms with Gasteiger partial charge < -0.3 is 4.90 Å². The average Bonchev–Trinajstić information content (AvgIpc) is 2.68. The van der Waals surface area contributed by atoms with Crippen LogP contribution in [0.5, 0.6) is 0 Å². The number of carbonyl (C=O) groups excluding carboxylic acids is 1. The Balaban J connectivity index is 1.37. The third-order valence-corrected chi connectivity index (χ3v) is 5.89. The van der Waals surface area contributed by atoms with Crippen molar-refractivity contribution in [3.05, 3.63) is 70.8 Å². The maximum atomic E-state index is 12.7. The van der Waals surface area contributed by atoms with Crippen molar-refractivity contribution >= 4 is 5.91 Å². The van der Waals surface area contributed by atoms with Crippen molar-refractivity contribution in [1.29, 1.82) is 0 Å². The van der Waals surface area contributed by atoms with Crippen LogP contribution in [0.4, 0.5) is 0 Å². The highest BCUT2D eigenvalue weighted by atomic mass is 16.2. The second-order valence-corrected chi connectivity index (χ2v) is 7.90. The third kappa shape index (κ3) is 3.83. The lowest BCUT2D eigenvalue weighted by atomic mass is 9.98. The molecule has 26 heavy (non-hydrogen) atoms. The van der Waals surface area contributed by atoms with Gasteiger partial charge in [-0.15, -0.1) is 0 Å². The highest BCUT2D eigenvalue weighted by molar-refractivity contribution is 5.94. The molecular formula is C23H28N2O. The lowest BCUT2D eigenvalue weighted by Gasteiger charge is -2.30. The molecule has 0 aromatic heterocycles. The number of fused-ring (bicyclic) bond motifs is 1. The summed E-state index contributed by atoms with van der Waals surface area (Å²) in [7, 11) is 0. The van der Waals surface area contributed by atoms with Crippen LogP contribution in [0.3, 0.4) is 0 Å². The molecule has 1 amide bonds. The van der Waals surface area contributed by atoms with Gasteiger partial charge in [0, 0.05) is 38.3 Å². The summed E-state index contributed by atoms with van der Waals surface area (Å²) in [6.07, 6.45) is 3.38. The predicted molar refractivity (Wildman–Crippen MR) is 105 cm³/mol. The molecule has 0 N–H and O–H groups in total. The van der Waals surface area contributed by atoms with Crippen LogP contribution in [-0.4, -0.2) is 35.3 Å². The number of likely N-dealkylation sites (tertiary alicyclic amines) is 1. The molecule has 3 nitrogen and oxygen atoms in total. The first-order valence-electron chi connectivity index (χ1n) is 9.86. The van der Waals surface area contributed by atoms with Crippen LogP contribution >= 0.6 is 0 Å². The van der Waals surface area contributed by atoms with E-state index in [1.807, 2.05) is 17.0 Å². The molecule has 2 aliphatic heterocycles. The van der Waals surface area contributed by atoms with Gasteiger partial charge >= 0.3 is 0 Å². The number of piperidine rings is 1. The first-order valence-corrected chi connectivity index (χ1v) is 9.86. The van der Waals surface area contributed by atoms with Crippen LogP contribution in [0.25, 0.3) is 0 Å². The van der Waals surface area contributed by atoms with Crippen LogP contribution < -0.4 is 0 Å². The van der Waals surface area contributed by atoms with Gasteiger partial charge in [0.05, 0.1) is 0 Å². The Morgan fingerprint density at radius 2 is 1.65 bits per heavy atom. The second kappa shape index (κ2) is 7.63. The van der Waals surface area contributed by atoms with E-state index in [4.69, 9.17) is 0 Å². The van der Waals surface area contributed by atoms with E-state index in [1.165, 1.54) is 16.7 Å². The Morgan fingerprint density at radius 1 is 0.962 bits per heavy atom. The van der Waals surface area contributed by atoms with Crippen molar-refractivity contribution in [2.75, 3.05) is 19.6 Å². The minimum Gasteiger partial charge on any atom is -0.339 e. The molecule has 1 fully saturated rings. The highest BCUT2D eigenvalue weighted by Crippen LogP contribution is 2.21. The Morgan fingerprint density at radius 3 is 2.38 bits per heavy atom. The van der Waals surface area contributed by atoms with Gasteiger partial charge in [0.25, 0.3) is 5.91 Å². The summed E-state index contributed by atoms with van der Waals surface area (Å²) in [5, 5.41) is 0. The van der Waals surface area contributed by atoms with Crippen molar-refractivity contribution in [2.45, 2.75) is 39.3 Å². The summed E-state index contributed by atoms with van der Waals surface area (Å²) < 4.78 is 0. The molecule has 0 aliphatic carbocycles. The van der Waals surface area contributed by atoms with Gasteiger partial charge in [0.1, 0.15) is 0 Å². The zero-order valence-corrected chi connectivity index (χ0v) is 15.7. The molecule has 0 radical (unpaired) electrons. The van der Waals surface area contributed by atoms with Gasteiger partial charge in [0.15, 0.2) is 0 Å². The molecule has 0 atom stereocenters. The molecule has 3 heteroatoms. The first-order chi connectivity index (χ1) is 12.7. The SMILES string of the molecule is CC1CCN(C(=O)c2ccc(CN3CCc4ccccc4C3)cc2)CC1. The maximum absolute atomic E-state index is 12.7. The lowest BCUT2D eigenvalue weighted by molar-refractivity contribution is 0.0697. The zero-order chi connectivity index (χ0) is 17.9. The van der Waals surface area contributed by atoms with Crippen molar-refractivity contribution in [3.63, 3.8) is 0 Å². The standard InChI is InChI=1S/C23H28N2O/c1-18-10-14-25(15-11-18)23(26)21-8-6-19(7-9-21)16-24-13-12-20-4-2-3-5-22(20)17-24/h2-9,18H,10-17H2,1H3. The van der Waals surface area contributed by atoms with Crippen LogP contribution in [0, 0.1) is 5.92 Å². The summed E-state index contributed by atoms with van der Waals surface area (Å²) in [5.74, 6) is 0.937. The number of hydrogen-bond donors (Lipinski definition) is 0. The lowest BCUT2D eigenvalue weighted by Crippen LogP contribution is -2.37. The third-order valence-electron chi connectivity index (χ3n) is 5.89. The smallest absolute Gasteiger partial charge is 0.253 e. The number of nitrogens with zero attached hydrogens (tertiary/aromatic N) is 2. The number of hydrogen-bond acceptors (Lipinski definition) is 2. The largest absolute Gasteiger partial charge is 0.339 e. The molecule has 0 spiro atoms. The van der Waals surface area contributed by atoms with Crippen molar-refractivity contribution in [1.82, 2.24) is 9.80 Å². The zero-order valence-electron chi connectivity index (χ0n) is 15.7. The predicted octanol–water partition coefficient (Wildman–Crippen LogP) is 4.12. The molecule has 136 valence electrons. The Bertz CT molecular complexity index is 760. The summed E-state index contributed by atoms with van der Waals surface area (Å²) in [5.41, 5.74) is 5.05. The van der Waals surface area contributed by atoms with Crippen LogP contribution in [-0.2, 0) is 19.5 Å². The Kier molecular flexibility index (Phi) is 5.07. The van der Waals surface area contributed by atoms with Gasteiger partial charge in [0.2, 0.25) is 0 Å². The molecular weight excluding hydrogens is 320 g/mol. The quantitative estimate of drug-likeness (QED) is 0.833. The van der Waals surface area contributed by atoms with Crippen LogP contribution in [0.2, 0.25) is 0 Å². The molecule has 2 aromatic rings. The Labute approximate surface area is 156 Å². The van der Waals surface area contributed by atoms with Crippen molar-refractivity contribution < 1.29 is 4.79 Å². The first kappa shape index (κ1) is 17.3. The van der Waals surface area contributed by atoms with Gasteiger partial charge in [-0.05, 0) is 54.0 Å². The second-order valence-electron chi connectivity index (χ2n) is 7.90. The highest BCUT2D eigenvalue weighted by Gasteiger charge is 2.21. The van der Waals surface area contributed by atoms with E-state index < -0.39 is 0 Å². The summed E-state index contributed by atoms with van der Waals surface area (Å²) in [6.45, 7) is 7.13. The molecule has 0 unspecified atom stereocenters. The van der Waals surface area contributed by atoms with Crippen LogP contribution in [0.1, 0.15) is 46.8 Å². The number of carbonyl (C=O) groups is 1. The summed E-state index contributed by atoms with van der Waals surface area (Å²) in [4.78, 5) is 17.2. The van der Waals surface area contributed by atoms with E-state index in [1.54, 1.807) is 0 Å². The van der Waals surface area contributed by atoms with Gasteiger partial charge in [-0.25, -0.2) is 0 Å². The minimum absolute atomic E-state index is 0.190. The van der Waals surface area contributed by atoms with E-state index in [0.29, 0.717) is 0 Å². The number of rotatable bonds is 3. The van der Waals surface area contributed by atoms with E-state index in [0.717, 1.165) is 63.5 Å². The van der Waals surface area contributed by atoms with Crippen LogP contribution in [0.15, 0.2) is 48.5 Å². The number of amides is 1. The van der Waals surface area contributed by atoms with Gasteiger partial charge in [-0.1, -0.05) is 43.3 Å². The topological polar surface area (TPSA) is 23.6 Å². The van der Waals surface area contributed by atoms with E-state index in [9.17, 15) is 4.79 Å². The normalized spacial score (nSPS) is 18.6. The minimum atomic E-state index is 0.190. The fourth-order valence-electron chi connectivity index (χ4n) is 4.09. The summed E-state index contributed by atoms with van der Waals surface area (Å²) >= 11 is 0. The molecule has 2 heterocycles. The molecule has 0 bridgehead atoms. The van der Waals surface area contributed by atoms with Gasteiger partial charge in [-0.2, -0.15) is 0 Å². The fraction of sp³-hybridized carbons (Fsp3) is 0.435. The van der Waals surface area contributed by atoms with E-state index >= 15 is 0 Å². The molecule has 2 aromatic carbocycles. The maximum Gasteiger partial charge on any atom is 0.253 e. The Hall–Kier alpha value is -2.13. The molecule has 4 rings (SSSR count). The monoisotopic (exact) mass is 348 g/mol. The summed E-state index contributed by atoms with van der Waals surface area (Å²) in [6, 6.07) is 17.0. The average molecular weight is 348 g/mol. The van der Waals surface area contributed by atoms with Crippen molar-refractivity contribution in [2.24, 2.45) is 5.92 Å². The van der Waals surface area contributed by atoms with Crippen molar-refractivity contribution in [3.8, 4) is 0 Å². The molecule has 2 aliphatic rings. The number of benzene rings is 2. The van der Waals surface area contributed by atoms with E-state index in [-0.39, 0.29) is 5.91 Å².